The van der Waals surface area contributed by atoms with Gasteiger partial charge in [0.1, 0.15) is 17.6 Å². The number of aromatic nitrogens is 3. The maximum atomic E-state index is 13.1. The highest BCUT2D eigenvalue weighted by Gasteiger charge is 2.31. The molecule has 0 bridgehead atoms. The van der Waals surface area contributed by atoms with Gasteiger partial charge < -0.3 is 15.5 Å². The minimum Gasteiger partial charge on any atom is -0.353 e. The third-order valence-corrected chi connectivity index (χ3v) is 8.31. The second kappa shape index (κ2) is 9.07. The lowest BCUT2D eigenvalue weighted by atomic mass is 9.96. The van der Waals surface area contributed by atoms with E-state index < -0.39 is 0 Å². The molecule has 3 aromatic rings. The van der Waals surface area contributed by atoms with Gasteiger partial charge in [0.15, 0.2) is 10.8 Å². The van der Waals surface area contributed by atoms with E-state index in [0.717, 1.165) is 62.3 Å². The number of thiazole rings is 1. The van der Waals surface area contributed by atoms with Crippen LogP contribution in [0.2, 0.25) is 0 Å². The van der Waals surface area contributed by atoms with Gasteiger partial charge in [-0.2, -0.15) is 4.98 Å². The summed E-state index contributed by atoms with van der Waals surface area (Å²) >= 11 is 1.31. The fraction of sp³-hybridized carbons (Fsp3) is 0.480. The van der Waals surface area contributed by atoms with Crippen molar-refractivity contribution in [1.29, 1.82) is 0 Å². The number of amides is 2. The largest absolute Gasteiger partial charge is 0.353 e. The van der Waals surface area contributed by atoms with Crippen molar-refractivity contribution in [2.75, 3.05) is 18.0 Å². The van der Waals surface area contributed by atoms with Gasteiger partial charge >= 0.3 is 0 Å². The van der Waals surface area contributed by atoms with Crippen LogP contribution in [-0.4, -0.2) is 45.5 Å². The van der Waals surface area contributed by atoms with E-state index in [1.54, 1.807) is 0 Å². The molecule has 182 valence electrons. The quantitative estimate of drug-likeness (QED) is 0.546. The van der Waals surface area contributed by atoms with Crippen LogP contribution in [0.5, 0.6) is 0 Å². The number of nitrogens with zero attached hydrogens (tertiary/aromatic N) is 4. The molecule has 2 amide bonds. The molecular weight excluding hydrogens is 464 g/mol. The predicted molar refractivity (Wildman–Crippen MR) is 133 cm³/mol. The number of carbonyl (C=O) groups excluding carboxylic acids is 2. The van der Waals surface area contributed by atoms with Gasteiger partial charge in [0, 0.05) is 25.0 Å². The van der Waals surface area contributed by atoms with E-state index in [1.165, 1.54) is 27.8 Å². The van der Waals surface area contributed by atoms with Crippen molar-refractivity contribution in [2.45, 2.75) is 57.2 Å². The highest BCUT2D eigenvalue weighted by molar-refractivity contribution is 7.22. The molecule has 6 rings (SSSR count). The summed E-state index contributed by atoms with van der Waals surface area (Å²) in [6.45, 7) is 1.37. The summed E-state index contributed by atoms with van der Waals surface area (Å²) in [4.78, 5) is 49.2. The average molecular weight is 493 g/mol. The minimum absolute atomic E-state index is 0.0182. The summed E-state index contributed by atoms with van der Waals surface area (Å²) < 4.78 is 1.81. The van der Waals surface area contributed by atoms with E-state index in [-0.39, 0.29) is 35.9 Å². The Kier molecular flexibility index (Phi) is 5.75. The number of nitrogens with one attached hydrogen (secondary N) is 2. The van der Waals surface area contributed by atoms with Crippen LogP contribution in [0, 0.1) is 5.92 Å². The van der Waals surface area contributed by atoms with Crippen LogP contribution in [-0.2, 0) is 22.6 Å². The van der Waals surface area contributed by atoms with E-state index >= 15 is 0 Å². The van der Waals surface area contributed by atoms with E-state index in [2.05, 4.69) is 31.6 Å². The van der Waals surface area contributed by atoms with Gasteiger partial charge in [-0.1, -0.05) is 35.6 Å². The normalized spacial score (nSPS) is 20.1. The van der Waals surface area contributed by atoms with Crippen molar-refractivity contribution in [3.8, 4) is 0 Å². The predicted octanol–water partition coefficient (Wildman–Crippen LogP) is 2.15. The molecule has 3 heterocycles. The van der Waals surface area contributed by atoms with Gasteiger partial charge in [0.05, 0.1) is 6.04 Å². The van der Waals surface area contributed by atoms with Gasteiger partial charge in [0.2, 0.25) is 11.8 Å². The number of hydrogen-bond donors (Lipinski definition) is 2. The van der Waals surface area contributed by atoms with Crippen molar-refractivity contribution in [3.63, 3.8) is 0 Å². The van der Waals surface area contributed by atoms with Crippen LogP contribution < -0.4 is 21.1 Å². The molecule has 0 unspecified atom stereocenters. The zero-order valence-electron chi connectivity index (χ0n) is 19.4. The third kappa shape index (κ3) is 4.54. The maximum absolute atomic E-state index is 13.1. The molecule has 1 atom stereocenters. The first kappa shape index (κ1) is 22.2. The van der Waals surface area contributed by atoms with Gasteiger partial charge in [-0.25, -0.2) is 4.98 Å². The summed E-state index contributed by atoms with van der Waals surface area (Å²) in [5.74, 6) is 0.00790. The highest BCUT2D eigenvalue weighted by atomic mass is 32.1. The SMILES string of the molecule is O=C(Cn1cnc2nc(N3CCC(C(=O)NC4CC4)CC3)sc2c1=O)N[C@H]1CCc2ccccc21. The number of benzene rings is 1. The number of anilines is 1. The lowest BCUT2D eigenvalue weighted by Crippen LogP contribution is -2.41. The van der Waals surface area contributed by atoms with Crippen molar-refractivity contribution < 1.29 is 9.59 Å². The zero-order valence-corrected chi connectivity index (χ0v) is 20.2. The monoisotopic (exact) mass is 492 g/mol. The molecule has 2 aromatic heterocycles. The molecule has 2 N–H and O–H groups in total. The number of piperidine rings is 1. The number of hydrogen-bond acceptors (Lipinski definition) is 7. The molecular formula is C25H28N6O3S. The fourth-order valence-corrected chi connectivity index (χ4v) is 6.09. The Labute approximate surface area is 206 Å². The van der Waals surface area contributed by atoms with Crippen LogP contribution in [0.15, 0.2) is 35.4 Å². The summed E-state index contributed by atoms with van der Waals surface area (Å²) in [5.41, 5.74) is 2.58. The Morgan fingerprint density at radius 2 is 1.86 bits per heavy atom. The number of carbonyl (C=O) groups is 2. The van der Waals surface area contributed by atoms with Crippen LogP contribution in [0.3, 0.4) is 0 Å². The Balaban J connectivity index is 1.11. The van der Waals surface area contributed by atoms with Gasteiger partial charge in [-0.05, 0) is 49.7 Å². The van der Waals surface area contributed by atoms with Gasteiger partial charge in [0.25, 0.3) is 5.56 Å². The average Bonchev–Trinajstić information content (AvgIpc) is 3.43. The number of aryl methyl sites for hydroxylation is 1. The Morgan fingerprint density at radius 1 is 1.06 bits per heavy atom. The molecule has 35 heavy (non-hydrogen) atoms. The lowest BCUT2D eigenvalue weighted by molar-refractivity contribution is -0.125. The second-order valence-electron chi connectivity index (χ2n) is 9.73. The molecule has 1 saturated heterocycles. The summed E-state index contributed by atoms with van der Waals surface area (Å²) in [6, 6.07) is 8.51. The van der Waals surface area contributed by atoms with Gasteiger partial charge in [-0.3, -0.25) is 19.0 Å². The third-order valence-electron chi connectivity index (χ3n) is 7.21. The Morgan fingerprint density at radius 3 is 2.66 bits per heavy atom. The van der Waals surface area contributed by atoms with Crippen LogP contribution in [0.25, 0.3) is 10.3 Å². The molecule has 1 aromatic carbocycles. The smallest absolute Gasteiger partial charge is 0.273 e. The molecule has 2 fully saturated rings. The van der Waals surface area contributed by atoms with E-state index in [9.17, 15) is 14.4 Å². The van der Waals surface area contributed by atoms with E-state index in [0.29, 0.717) is 16.4 Å². The standard InChI is InChI=1S/C25H28N6O3S/c32-20(28-19-8-5-15-3-1-2-4-18(15)19)13-31-14-26-22-21(24(31)34)35-25(29-22)30-11-9-16(10-12-30)23(33)27-17-6-7-17/h1-4,14,16-17,19H,5-13H2,(H,27,33)(H,28,32)/t19-/m0/s1. The summed E-state index contributed by atoms with van der Waals surface area (Å²) in [7, 11) is 0. The Hall–Kier alpha value is -3.27. The first-order chi connectivity index (χ1) is 17.0. The molecule has 0 spiro atoms. The maximum Gasteiger partial charge on any atom is 0.273 e. The van der Waals surface area contributed by atoms with Crippen molar-refractivity contribution in [2.24, 2.45) is 5.92 Å². The summed E-state index contributed by atoms with van der Waals surface area (Å²) in [6.07, 6.45) is 6.96. The Bertz CT molecular complexity index is 1340. The molecule has 3 aliphatic rings. The van der Waals surface area contributed by atoms with Crippen LogP contribution in [0.4, 0.5) is 5.13 Å². The second-order valence-corrected chi connectivity index (χ2v) is 10.7. The van der Waals surface area contributed by atoms with Crippen LogP contribution in [0.1, 0.15) is 49.3 Å². The molecule has 2 aliphatic carbocycles. The van der Waals surface area contributed by atoms with Gasteiger partial charge in [-0.15, -0.1) is 0 Å². The fourth-order valence-electron chi connectivity index (χ4n) is 5.06. The van der Waals surface area contributed by atoms with E-state index in [4.69, 9.17) is 0 Å². The van der Waals surface area contributed by atoms with Crippen LogP contribution >= 0.6 is 11.3 Å². The first-order valence-electron chi connectivity index (χ1n) is 12.3. The topological polar surface area (TPSA) is 109 Å². The van der Waals surface area contributed by atoms with Crippen molar-refractivity contribution in [1.82, 2.24) is 25.2 Å². The van der Waals surface area contributed by atoms with E-state index in [1.807, 2.05) is 18.2 Å². The number of fused-ring (bicyclic) bond motifs is 2. The minimum atomic E-state index is -0.251. The zero-order chi connectivity index (χ0) is 23.9. The first-order valence-corrected chi connectivity index (χ1v) is 13.2. The summed E-state index contributed by atoms with van der Waals surface area (Å²) in [5, 5.41) is 6.91. The molecule has 1 saturated carbocycles. The molecule has 10 heteroatoms. The number of rotatable bonds is 6. The molecule has 1 aliphatic heterocycles. The van der Waals surface area contributed by atoms with Crippen molar-refractivity contribution >= 4 is 38.6 Å². The lowest BCUT2D eigenvalue weighted by Gasteiger charge is -2.30. The highest BCUT2D eigenvalue weighted by Crippen LogP contribution is 2.31. The van der Waals surface area contributed by atoms with Crippen molar-refractivity contribution in [3.05, 3.63) is 52.1 Å². The molecule has 0 radical (unpaired) electrons. The molecule has 9 nitrogen and oxygen atoms in total.